The monoisotopic (exact) mass is 348 g/mol. The SMILES string of the molecule is CCSc1ccc(C(=O)Nc2nc3c(Cl)cccc3s2)cc1. The first-order valence-electron chi connectivity index (χ1n) is 6.76. The molecule has 112 valence electrons. The van der Waals surface area contributed by atoms with Crippen LogP contribution >= 0.6 is 34.7 Å². The first kappa shape index (κ1) is 15.3. The molecule has 2 aromatic carbocycles. The molecule has 0 bridgehead atoms. The number of aromatic nitrogens is 1. The van der Waals surface area contributed by atoms with E-state index < -0.39 is 0 Å². The number of halogens is 1. The van der Waals surface area contributed by atoms with Gasteiger partial charge in [0.2, 0.25) is 0 Å². The molecule has 0 aliphatic rings. The van der Waals surface area contributed by atoms with Gasteiger partial charge < -0.3 is 0 Å². The largest absolute Gasteiger partial charge is 0.298 e. The Morgan fingerprint density at radius 2 is 2.05 bits per heavy atom. The number of hydrogen-bond donors (Lipinski definition) is 1. The van der Waals surface area contributed by atoms with E-state index in [0.717, 1.165) is 20.9 Å². The minimum Gasteiger partial charge on any atom is -0.298 e. The number of hydrogen-bond acceptors (Lipinski definition) is 4. The number of thioether (sulfide) groups is 1. The lowest BCUT2D eigenvalue weighted by atomic mass is 10.2. The Bertz CT molecular complexity index is 815. The van der Waals surface area contributed by atoms with Crippen molar-refractivity contribution in [1.82, 2.24) is 4.98 Å². The molecule has 3 nitrogen and oxygen atoms in total. The Morgan fingerprint density at radius 3 is 2.73 bits per heavy atom. The number of carbonyl (C=O) groups excluding carboxylic acids is 1. The summed E-state index contributed by atoms with van der Waals surface area (Å²) in [6, 6.07) is 13.2. The van der Waals surface area contributed by atoms with Crippen LogP contribution in [0.4, 0.5) is 5.13 Å². The highest BCUT2D eigenvalue weighted by atomic mass is 35.5. The van der Waals surface area contributed by atoms with Gasteiger partial charge in [-0.2, -0.15) is 0 Å². The van der Waals surface area contributed by atoms with Gasteiger partial charge >= 0.3 is 0 Å². The maximum Gasteiger partial charge on any atom is 0.257 e. The third-order valence-corrected chi connectivity index (χ3v) is 5.15. The molecule has 1 aromatic heterocycles. The summed E-state index contributed by atoms with van der Waals surface area (Å²) in [6.07, 6.45) is 0. The van der Waals surface area contributed by atoms with Crippen molar-refractivity contribution in [2.24, 2.45) is 0 Å². The zero-order valence-corrected chi connectivity index (χ0v) is 14.2. The number of benzene rings is 2. The molecule has 0 saturated carbocycles. The van der Waals surface area contributed by atoms with E-state index in [2.05, 4.69) is 17.2 Å². The minimum atomic E-state index is -0.164. The van der Waals surface area contributed by atoms with Crippen LogP contribution in [-0.2, 0) is 0 Å². The van der Waals surface area contributed by atoms with Crippen LogP contribution in [0.3, 0.4) is 0 Å². The third kappa shape index (κ3) is 3.27. The fourth-order valence-corrected chi connectivity index (χ4v) is 3.83. The molecular formula is C16H13ClN2OS2. The van der Waals surface area contributed by atoms with Gasteiger partial charge in [-0.3, -0.25) is 10.1 Å². The molecule has 1 N–H and O–H groups in total. The minimum absolute atomic E-state index is 0.164. The number of fused-ring (bicyclic) bond motifs is 1. The molecule has 0 fully saturated rings. The number of nitrogens with zero attached hydrogens (tertiary/aromatic N) is 1. The van der Waals surface area contributed by atoms with Gasteiger partial charge in [-0.15, -0.1) is 11.8 Å². The first-order valence-corrected chi connectivity index (χ1v) is 8.94. The van der Waals surface area contributed by atoms with Crippen LogP contribution < -0.4 is 5.32 Å². The Morgan fingerprint density at radius 1 is 1.27 bits per heavy atom. The summed E-state index contributed by atoms with van der Waals surface area (Å²) >= 11 is 9.26. The van der Waals surface area contributed by atoms with Crippen LogP contribution in [0.1, 0.15) is 17.3 Å². The van der Waals surface area contributed by atoms with E-state index in [1.807, 2.05) is 36.4 Å². The summed E-state index contributed by atoms with van der Waals surface area (Å²) in [7, 11) is 0. The van der Waals surface area contributed by atoms with Crippen molar-refractivity contribution >= 4 is 56.0 Å². The van der Waals surface area contributed by atoms with Gasteiger partial charge in [-0.25, -0.2) is 4.98 Å². The summed E-state index contributed by atoms with van der Waals surface area (Å²) < 4.78 is 0.956. The average molecular weight is 349 g/mol. The summed E-state index contributed by atoms with van der Waals surface area (Å²) in [5.74, 6) is 0.848. The fourth-order valence-electron chi connectivity index (χ4n) is 2.01. The summed E-state index contributed by atoms with van der Waals surface area (Å²) in [5.41, 5.74) is 1.34. The lowest BCUT2D eigenvalue weighted by molar-refractivity contribution is 0.102. The molecule has 1 heterocycles. The number of anilines is 1. The Balaban J connectivity index is 1.79. The maximum atomic E-state index is 12.3. The molecule has 0 atom stereocenters. The predicted octanol–water partition coefficient (Wildman–Crippen LogP) is 5.31. The second-order valence-electron chi connectivity index (χ2n) is 4.52. The molecule has 0 spiro atoms. The van der Waals surface area contributed by atoms with E-state index in [9.17, 15) is 4.79 Å². The molecule has 0 saturated heterocycles. The van der Waals surface area contributed by atoms with Crippen molar-refractivity contribution in [2.45, 2.75) is 11.8 Å². The van der Waals surface area contributed by atoms with Gasteiger partial charge in [0.05, 0.1) is 9.72 Å². The molecule has 0 aliphatic carbocycles. The number of carbonyl (C=O) groups is 1. The maximum absolute atomic E-state index is 12.3. The number of para-hydroxylation sites is 1. The van der Waals surface area contributed by atoms with E-state index in [1.165, 1.54) is 11.3 Å². The van der Waals surface area contributed by atoms with E-state index in [-0.39, 0.29) is 5.91 Å². The average Bonchev–Trinajstić information content (AvgIpc) is 2.92. The molecule has 0 aliphatic heterocycles. The number of thiazole rings is 1. The smallest absolute Gasteiger partial charge is 0.257 e. The lowest BCUT2D eigenvalue weighted by Crippen LogP contribution is -2.11. The van der Waals surface area contributed by atoms with E-state index in [0.29, 0.717) is 15.7 Å². The van der Waals surface area contributed by atoms with Crippen LogP contribution in [0.5, 0.6) is 0 Å². The predicted molar refractivity (Wildman–Crippen MR) is 95.4 cm³/mol. The quantitative estimate of drug-likeness (QED) is 0.649. The molecule has 22 heavy (non-hydrogen) atoms. The number of rotatable bonds is 4. The van der Waals surface area contributed by atoms with E-state index in [1.54, 1.807) is 17.8 Å². The molecule has 3 aromatic rings. The van der Waals surface area contributed by atoms with Crippen molar-refractivity contribution < 1.29 is 4.79 Å². The van der Waals surface area contributed by atoms with Gasteiger partial charge in [0.15, 0.2) is 5.13 Å². The summed E-state index contributed by atoms with van der Waals surface area (Å²) in [4.78, 5) is 17.8. The van der Waals surface area contributed by atoms with Crippen LogP contribution in [0.2, 0.25) is 5.02 Å². The molecule has 0 radical (unpaired) electrons. The molecule has 3 rings (SSSR count). The first-order chi connectivity index (χ1) is 10.7. The van der Waals surface area contributed by atoms with Crippen LogP contribution in [0.15, 0.2) is 47.4 Å². The third-order valence-electron chi connectivity index (χ3n) is 3.02. The Kier molecular flexibility index (Phi) is 4.66. The highest BCUT2D eigenvalue weighted by molar-refractivity contribution is 7.99. The molecule has 6 heteroatoms. The summed E-state index contributed by atoms with van der Waals surface area (Å²) in [6.45, 7) is 2.10. The summed E-state index contributed by atoms with van der Waals surface area (Å²) in [5, 5.41) is 3.98. The topological polar surface area (TPSA) is 42.0 Å². The van der Waals surface area contributed by atoms with Gasteiger partial charge in [0.1, 0.15) is 5.52 Å². The Hall–Kier alpha value is -1.56. The van der Waals surface area contributed by atoms with E-state index in [4.69, 9.17) is 11.6 Å². The highest BCUT2D eigenvalue weighted by Crippen LogP contribution is 2.30. The van der Waals surface area contributed by atoms with E-state index >= 15 is 0 Å². The van der Waals surface area contributed by atoms with Gasteiger partial charge in [0, 0.05) is 10.5 Å². The number of amides is 1. The zero-order chi connectivity index (χ0) is 15.5. The molecule has 0 unspecified atom stereocenters. The fraction of sp³-hybridized carbons (Fsp3) is 0.125. The highest BCUT2D eigenvalue weighted by Gasteiger charge is 2.11. The van der Waals surface area contributed by atoms with Gasteiger partial charge in [0.25, 0.3) is 5.91 Å². The second kappa shape index (κ2) is 6.69. The van der Waals surface area contributed by atoms with Gasteiger partial charge in [-0.1, -0.05) is 35.9 Å². The van der Waals surface area contributed by atoms with Crippen molar-refractivity contribution in [1.29, 1.82) is 0 Å². The molecular weight excluding hydrogens is 336 g/mol. The van der Waals surface area contributed by atoms with Crippen LogP contribution in [0, 0.1) is 0 Å². The second-order valence-corrected chi connectivity index (χ2v) is 7.29. The van der Waals surface area contributed by atoms with Crippen molar-refractivity contribution in [3.63, 3.8) is 0 Å². The van der Waals surface area contributed by atoms with Gasteiger partial charge in [-0.05, 0) is 42.2 Å². The van der Waals surface area contributed by atoms with Crippen molar-refractivity contribution in [3.05, 3.63) is 53.1 Å². The lowest BCUT2D eigenvalue weighted by Gasteiger charge is -2.03. The standard InChI is InChI=1S/C16H13ClN2OS2/c1-2-21-11-8-6-10(7-9-11)15(20)19-16-18-14-12(17)4-3-5-13(14)22-16/h3-9H,2H2,1H3,(H,18,19,20). The normalized spacial score (nSPS) is 10.8. The van der Waals surface area contributed by atoms with Crippen molar-refractivity contribution in [2.75, 3.05) is 11.1 Å². The zero-order valence-electron chi connectivity index (χ0n) is 11.8. The Labute approximate surface area is 141 Å². The molecule has 1 amide bonds. The van der Waals surface area contributed by atoms with Crippen LogP contribution in [0.25, 0.3) is 10.2 Å². The van der Waals surface area contributed by atoms with Crippen LogP contribution in [-0.4, -0.2) is 16.6 Å². The van der Waals surface area contributed by atoms with Crippen molar-refractivity contribution in [3.8, 4) is 0 Å². The number of nitrogens with one attached hydrogen (secondary N) is 1.